The molecule has 0 fully saturated rings. The Bertz CT molecular complexity index is 756. The summed E-state index contributed by atoms with van der Waals surface area (Å²) in [4.78, 5) is 0. The maximum atomic E-state index is 12.3. The van der Waals surface area contributed by atoms with Gasteiger partial charge in [-0.15, -0.1) is 0 Å². The van der Waals surface area contributed by atoms with E-state index >= 15 is 0 Å². The number of aliphatic hydroxyl groups is 1. The summed E-state index contributed by atoms with van der Waals surface area (Å²) >= 11 is 11.8. The second-order valence-corrected chi connectivity index (χ2v) is 8.30. The van der Waals surface area contributed by atoms with Crippen molar-refractivity contribution in [2.75, 3.05) is 5.75 Å². The summed E-state index contributed by atoms with van der Waals surface area (Å²) < 4.78 is 24.6. The fourth-order valence-corrected chi connectivity index (χ4v) is 4.35. The van der Waals surface area contributed by atoms with Crippen molar-refractivity contribution in [1.29, 1.82) is 0 Å². The molecule has 1 N–H and O–H groups in total. The van der Waals surface area contributed by atoms with E-state index < -0.39 is 21.2 Å². The summed E-state index contributed by atoms with van der Waals surface area (Å²) in [6, 6.07) is 13.5. The Morgan fingerprint density at radius 3 is 2.27 bits per heavy atom. The molecule has 2 aromatic carbocycles. The van der Waals surface area contributed by atoms with Crippen LogP contribution in [0.1, 0.15) is 18.1 Å². The molecule has 0 aromatic heterocycles. The molecule has 3 nitrogen and oxygen atoms in total. The fraction of sp³-hybridized carbons (Fsp3) is 0.250. The molecule has 0 spiro atoms. The van der Waals surface area contributed by atoms with E-state index in [9.17, 15) is 13.5 Å². The predicted octanol–water partition coefficient (Wildman–Crippen LogP) is 3.82. The molecule has 0 saturated carbocycles. The average molecular weight is 359 g/mol. The van der Waals surface area contributed by atoms with Gasteiger partial charge >= 0.3 is 0 Å². The zero-order valence-electron chi connectivity index (χ0n) is 12.0. The van der Waals surface area contributed by atoms with E-state index in [-0.39, 0.29) is 10.8 Å². The molecule has 0 bridgehead atoms. The average Bonchev–Trinajstić information content (AvgIpc) is 2.41. The van der Waals surface area contributed by atoms with Crippen LogP contribution in [0.5, 0.6) is 0 Å². The molecule has 0 heterocycles. The lowest BCUT2D eigenvalue weighted by atomic mass is 9.98. The Kier molecular flexibility index (Phi) is 5.17. The van der Waals surface area contributed by atoms with E-state index in [4.69, 9.17) is 23.2 Å². The lowest BCUT2D eigenvalue weighted by molar-refractivity contribution is 0.0819. The molecule has 22 heavy (non-hydrogen) atoms. The van der Waals surface area contributed by atoms with Gasteiger partial charge in [0, 0.05) is 0 Å². The van der Waals surface area contributed by atoms with Gasteiger partial charge in [-0.25, -0.2) is 8.42 Å². The minimum absolute atomic E-state index is 0.120. The molecule has 118 valence electrons. The van der Waals surface area contributed by atoms with Gasteiger partial charge in [0.25, 0.3) is 0 Å². The number of benzene rings is 2. The minimum atomic E-state index is -3.49. The topological polar surface area (TPSA) is 54.4 Å². The third kappa shape index (κ3) is 4.46. The van der Waals surface area contributed by atoms with Crippen molar-refractivity contribution in [3.05, 3.63) is 69.7 Å². The summed E-state index contributed by atoms with van der Waals surface area (Å²) in [5.74, 6) is -0.516. The first-order chi connectivity index (χ1) is 10.2. The molecule has 0 aliphatic rings. The van der Waals surface area contributed by atoms with Crippen molar-refractivity contribution in [2.24, 2.45) is 0 Å². The van der Waals surface area contributed by atoms with Gasteiger partial charge in [0.15, 0.2) is 9.84 Å². The largest absolute Gasteiger partial charge is 0.384 e. The third-order valence-electron chi connectivity index (χ3n) is 3.27. The van der Waals surface area contributed by atoms with Crippen molar-refractivity contribution in [3.8, 4) is 0 Å². The first-order valence-corrected chi connectivity index (χ1v) is 9.20. The Labute approximate surface area is 140 Å². The van der Waals surface area contributed by atoms with Gasteiger partial charge in [0.2, 0.25) is 0 Å². The summed E-state index contributed by atoms with van der Waals surface area (Å²) in [7, 11) is -3.49. The van der Waals surface area contributed by atoms with Crippen molar-refractivity contribution in [3.63, 3.8) is 0 Å². The molecule has 2 aromatic rings. The smallest absolute Gasteiger partial charge is 0.157 e. The molecule has 0 radical (unpaired) electrons. The standard InChI is InChI=1S/C16H16Cl2O3S/c1-16(19,13-7-8-14(17)15(18)9-13)11-22(20,21)10-12-5-3-2-4-6-12/h2-9,19H,10-11H2,1H3/t16-/m0/s1. The first-order valence-electron chi connectivity index (χ1n) is 6.62. The lowest BCUT2D eigenvalue weighted by Gasteiger charge is -2.24. The molecule has 1 atom stereocenters. The van der Waals surface area contributed by atoms with Crippen molar-refractivity contribution >= 4 is 33.0 Å². The zero-order valence-corrected chi connectivity index (χ0v) is 14.3. The van der Waals surface area contributed by atoms with E-state index in [1.807, 2.05) is 6.07 Å². The van der Waals surface area contributed by atoms with Crippen LogP contribution in [0.3, 0.4) is 0 Å². The second kappa shape index (κ2) is 6.59. The maximum Gasteiger partial charge on any atom is 0.157 e. The molecule has 0 amide bonds. The van der Waals surface area contributed by atoms with Gasteiger partial charge in [0.05, 0.1) is 21.6 Å². The van der Waals surface area contributed by atoms with Crippen LogP contribution in [0.25, 0.3) is 0 Å². The summed E-state index contributed by atoms with van der Waals surface area (Å²) in [6.07, 6.45) is 0. The minimum Gasteiger partial charge on any atom is -0.384 e. The van der Waals surface area contributed by atoms with E-state index in [0.717, 1.165) is 0 Å². The van der Waals surface area contributed by atoms with Crippen molar-refractivity contribution in [1.82, 2.24) is 0 Å². The van der Waals surface area contributed by atoms with Crippen LogP contribution in [0.4, 0.5) is 0 Å². The van der Waals surface area contributed by atoms with Crippen LogP contribution >= 0.6 is 23.2 Å². The molecule has 0 aliphatic heterocycles. The molecule has 2 rings (SSSR count). The highest BCUT2D eigenvalue weighted by molar-refractivity contribution is 7.90. The highest BCUT2D eigenvalue weighted by Gasteiger charge is 2.30. The predicted molar refractivity (Wildman–Crippen MR) is 90.0 cm³/mol. The summed E-state index contributed by atoms with van der Waals surface area (Å²) in [6.45, 7) is 1.45. The molecule has 0 aliphatic carbocycles. The van der Waals surface area contributed by atoms with Gasteiger partial charge in [-0.2, -0.15) is 0 Å². The maximum absolute atomic E-state index is 12.3. The number of hydrogen-bond acceptors (Lipinski definition) is 3. The SMILES string of the molecule is C[C@](O)(CS(=O)(=O)Cc1ccccc1)c1ccc(Cl)c(Cl)c1. The monoisotopic (exact) mass is 358 g/mol. The Morgan fingerprint density at radius 2 is 1.68 bits per heavy atom. The number of rotatable bonds is 5. The van der Waals surface area contributed by atoms with Crippen LogP contribution in [-0.4, -0.2) is 19.3 Å². The van der Waals surface area contributed by atoms with E-state index in [2.05, 4.69) is 0 Å². The van der Waals surface area contributed by atoms with E-state index in [1.165, 1.54) is 19.1 Å². The fourth-order valence-electron chi connectivity index (χ4n) is 2.22. The van der Waals surface area contributed by atoms with E-state index in [1.54, 1.807) is 30.3 Å². The molecule has 0 unspecified atom stereocenters. The van der Waals surface area contributed by atoms with Crippen LogP contribution in [0.2, 0.25) is 10.0 Å². The quantitative estimate of drug-likeness (QED) is 0.883. The summed E-state index contributed by atoms with van der Waals surface area (Å²) in [5, 5.41) is 11.2. The number of sulfone groups is 1. The number of halogens is 2. The van der Waals surface area contributed by atoms with Crippen molar-refractivity contribution in [2.45, 2.75) is 18.3 Å². The lowest BCUT2D eigenvalue weighted by Crippen LogP contribution is -2.32. The first kappa shape index (κ1) is 17.3. The van der Waals surface area contributed by atoms with E-state index in [0.29, 0.717) is 16.1 Å². The van der Waals surface area contributed by atoms with Crippen molar-refractivity contribution < 1.29 is 13.5 Å². The van der Waals surface area contributed by atoms with Crippen LogP contribution in [0, 0.1) is 0 Å². The van der Waals surface area contributed by atoms with Gasteiger partial charge in [0.1, 0.15) is 5.60 Å². The molecule has 6 heteroatoms. The second-order valence-electron chi connectivity index (χ2n) is 5.42. The van der Waals surface area contributed by atoms with Gasteiger partial charge < -0.3 is 5.11 Å². The zero-order chi connectivity index (χ0) is 16.4. The van der Waals surface area contributed by atoms with Crippen LogP contribution in [0.15, 0.2) is 48.5 Å². The third-order valence-corrected chi connectivity index (χ3v) is 5.79. The van der Waals surface area contributed by atoms with Crippen LogP contribution in [-0.2, 0) is 21.2 Å². The highest BCUT2D eigenvalue weighted by atomic mass is 35.5. The van der Waals surface area contributed by atoms with Crippen LogP contribution < -0.4 is 0 Å². The molecular formula is C16H16Cl2O3S. The molecular weight excluding hydrogens is 343 g/mol. The molecule has 0 saturated heterocycles. The van der Waals surface area contributed by atoms with Gasteiger partial charge in [-0.3, -0.25) is 0 Å². The Morgan fingerprint density at radius 1 is 1.05 bits per heavy atom. The Hall–Kier alpha value is -1.07. The normalized spacial score (nSPS) is 14.5. The van der Waals surface area contributed by atoms with Gasteiger partial charge in [-0.05, 0) is 30.2 Å². The highest BCUT2D eigenvalue weighted by Crippen LogP contribution is 2.30. The van der Waals surface area contributed by atoms with Gasteiger partial charge in [-0.1, -0.05) is 59.6 Å². The number of hydrogen-bond donors (Lipinski definition) is 1. The summed E-state index contributed by atoms with van der Waals surface area (Å²) in [5.41, 5.74) is -0.437. The Balaban J connectivity index is 2.21.